The molecule has 1 heterocycles. The molecule has 3 atom stereocenters. The molecule has 0 radical (unpaired) electrons. The normalized spacial score (nSPS) is 32.2. The van der Waals surface area contributed by atoms with Crippen LogP contribution in [0.15, 0.2) is 0 Å². The van der Waals surface area contributed by atoms with Crippen molar-refractivity contribution in [3.05, 3.63) is 0 Å². The zero-order valence-electron chi connectivity index (χ0n) is 13.7. The fraction of sp³-hybridized carbons (Fsp3) is 0.938. The van der Waals surface area contributed by atoms with E-state index in [1.165, 1.54) is 0 Å². The molecule has 0 aromatic rings. The molecule has 122 valence electrons. The minimum absolute atomic E-state index is 0.115. The zero-order chi connectivity index (χ0) is 15.6. The van der Waals surface area contributed by atoms with Gasteiger partial charge in [0.25, 0.3) is 0 Å². The van der Waals surface area contributed by atoms with E-state index < -0.39 is 5.60 Å². The van der Waals surface area contributed by atoms with E-state index in [0.29, 0.717) is 18.4 Å². The SMILES string of the molecule is CC1CC(N)CC(C(=O)N2CCN(CC(C)(C)O)CC2)C1. The molecular weight excluding hydrogens is 266 g/mol. The van der Waals surface area contributed by atoms with Gasteiger partial charge >= 0.3 is 0 Å². The standard InChI is InChI=1S/C16H31N3O2/c1-12-8-13(10-14(17)9-12)15(20)19-6-4-18(5-7-19)11-16(2,3)21/h12-14,21H,4-11,17H2,1-3H3. The third-order valence-electron chi connectivity index (χ3n) is 4.62. The first-order valence-electron chi connectivity index (χ1n) is 8.23. The van der Waals surface area contributed by atoms with E-state index in [-0.39, 0.29) is 12.0 Å². The number of β-amino-alcohol motifs (C(OH)–C–C–N with tert-alkyl or cyclic N) is 1. The van der Waals surface area contributed by atoms with Crippen LogP contribution >= 0.6 is 0 Å². The number of carbonyl (C=O) groups is 1. The van der Waals surface area contributed by atoms with Crippen LogP contribution < -0.4 is 5.73 Å². The Morgan fingerprint density at radius 2 is 1.81 bits per heavy atom. The van der Waals surface area contributed by atoms with Crippen LogP contribution in [-0.4, -0.2) is 65.2 Å². The molecule has 1 aliphatic carbocycles. The molecule has 5 nitrogen and oxygen atoms in total. The third kappa shape index (κ3) is 4.94. The second-order valence-corrected chi connectivity index (χ2v) is 7.68. The first-order chi connectivity index (χ1) is 9.74. The molecule has 0 spiro atoms. The summed E-state index contributed by atoms with van der Waals surface area (Å²) in [6.45, 7) is 9.77. The van der Waals surface area contributed by atoms with Gasteiger partial charge in [0.15, 0.2) is 0 Å². The van der Waals surface area contributed by atoms with Crippen LogP contribution in [0.1, 0.15) is 40.0 Å². The Kier molecular flexibility index (Phi) is 5.28. The average molecular weight is 297 g/mol. The highest BCUT2D eigenvalue weighted by Crippen LogP contribution is 2.29. The molecule has 1 amide bonds. The van der Waals surface area contributed by atoms with Gasteiger partial charge in [0.05, 0.1) is 5.60 Å². The number of carbonyl (C=O) groups excluding carboxylic acids is 1. The summed E-state index contributed by atoms with van der Waals surface area (Å²) in [4.78, 5) is 16.9. The molecule has 5 heteroatoms. The summed E-state index contributed by atoms with van der Waals surface area (Å²) in [7, 11) is 0. The molecule has 3 N–H and O–H groups in total. The molecule has 0 aromatic carbocycles. The molecule has 1 saturated heterocycles. The maximum atomic E-state index is 12.6. The number of hydrogen-bond acceptors (Lipinski definition) is 4. The van der Waals surface area contributed by atoms with Gasteiger partial charge in [-0.2, -0.15) is 0 Å². The maximum Gasteiger partial charge on any atom is 0.225 e. The Labute approximate surface area is 128 Å². The van der Waals surface area contributed by atoms with Crippen molar-refractivity contribution >= 4 is 5.91 Å². The van der Waals surface area contributed by atoms with Crippen molar-refractivity contribution in [2.75, 3.05) is 32.7 Å². The maximum absolute atomic E-state index is 12.6. The van der Waals surface area contributed by atoms with Crippen LogP contribution in [0.2, 0.25) is 0 Å². The van der Waals surface area contributed by atoms with Gasteiger partial charge in [-0.1, -0.05) is 6.92 Å². The summed E-state index contributed by atoms with van der Waals surface area (Å²) in [5, 5.41) is 9.87. The lowest BCUT2D eigenvalue weighted by Crippen LogP contribution is -2.53. The van der Waals surface area contributed by atoms with E-state index >= 15 is 0 Å². The Hall–Kier alpha value is -0.650. The van der Waals surface area contributed by atoms with Gasteiger partial charge in [0.2, 0.25) is 5.91 Å². The van der Waals surface area contributed by atoms with Crippen LogP contribution in [0.4, 0.5) is 0 Å². The third-order valence-corrected chi connectivity index (χ3v) is 4.62. The number of aliphatic hydroxyl groups is 1. The van der Waals surface area contributed by atoms with E-state index in [9.17, 15) is 9.90 Å². The predicted octanol–water partition coefficient (Wildman–Crippen LogP) is 0.665. The lowest BCUT2D eigenvalue weighted by Gasteiger charge is -2.40. The summed E-state index contributed by atoms with van der Waals surface area (Å²) in [6.07, 6.45) is 2.87. The van der Waals surface area contributed by atoms with Gasteiger partial charge in [-0.15, -0.1) is 0 Å². The molecule has 3 unspecified atom stereocenters. The van der Waals surface area contributed by atoms with E-state index in [1.54, 1.807) is 0 Å². The zero-order valence-corrected chi connectivity index (χ0v) is 13.7. The molecule has 0 bridgehead atoms. The van der Waals surface area contributed by atoms with Crippen LogP contribution in [-0.2, 0) is 4.79 Å². The van der Waals surface area contributed by atoms with Crippen molar-refractivity contribution in [3.63, 3.8) is 0 Å². The number of rotatable bonds is 3. The first-order valence-corrected chi connectivity index (χ1v) is 8.23. The van der Waals surface area contributed by atoms with Crippen molar-refractivity contribution in [1.29, 1.82) is 0 Å². The van der Waals surface area contributed by atoms with E-state index in [1.807, 2.05) is 18.7 Å². The van der Waals surface area contributed by atoms with Gasteiger partial charge in [-0.05, 0) is 39.0 Å². The Morgan fingerprint density at radius 1 is 1.19 bits per heavy atom. The van der Waals surface area contributed by atoms with Crippen molar-refractivity contribution in [2.45, 2.75) is 51.7 Å². The molecule has 1 saturated carbocycles. The summed E-state index contributed by atoms with van der Waals surface area (Å²) in [5.74, 6) is 0.962. The highest BCUT2D eigenvalue weighted by atomic mass is 16.3. The number of piperazine rings is 1. The van der Waals surface area contributed by atoms with Gasteiger partial charge in [-0.25, -0.2) is 0 Å². The highest BCUT2D eigenvalue weighted by Gasteiger charge is 2.33. The van der Waals surface area contributed by atoms with Crippen molar-refractivity contribution in [2.24, 2.45) is 17.6 Å². The van der Waals surface area contributed by atoms with Crippen LogP contribution in [0.5, 0.6) is 0 Å². The summed E-state index contributed by atoms with van der Waals surface area (Å²) in [6, 6.07) is 0.180. The van der Waals surface area contributed by atoms with Crippen molar-refractivity contribution in [3.8, 4) is 0 Å². The van der Waals surface area contributed by atoms with Gasteiger partial charge < -0.3 is 15.7 Å². The smallest absolute Gasteiger partial charge is 0.225 e. The summed E-state index contributed by atoms with van der Waals surface area (Å²) >= 11 is 0. The topological polar surface area (TPSA) is 69.8 Å². The quantitative estimate of drug-likeness (QED) is 0.803. The monoisotopic (exact) mass is 297 g/mol. The largest absolute Gasteiger partial charge is 0.389 e. The molecule has 2 aliphatic rings. The van der Waals surface area contributed by atoms with E-state index in [2.05, 4.69) is 11.8 Å². The van der Waals surface area contributed by atoms with Crippen LogP contribution in [0.25, 0.3) is 0 Å². The predicted molar refractivity (Wildman–Crippen MR) is 83.8 cm³/mol. The Morgan fingerprint density at radius 3 is 2.33 bits per heavy atom. The fourth-order valence-electron chi connectivity index (χ4n) is 3.79. The molecule has 21 heavy (non-hydrogen) atoms. The number of amides is 1. The second-order valence-electron chi connectivity index (χ2n) is 7.68. The van der Waals surface area contributed by atoms with E-state index in [4.69, 9.17) is 5.73 Å². The van der Waals surface area contributed by atoms with E-state index in [0.717, 1.165) is 45.4 Å². The lowest BCUT2D eigenvalue weighted by molar-refractivity contribution is -0.139. The lowest BCUT2D eigenvalue weighted by atomic mass is 9.79. The molecule has 2 rings (SSSR count). The van der Waals surface area contributed by atoms with Crippen LogP contribution in [0, 0.1) is 11.8 Å². The number of nitrogens with two attached hydrogens (primary N) is 1. The molecule has 0 aromatic heterocycles. The minimum atomic E-state index is -0.669. The van der Waals surface area contributed by atoms with Gasteiger partial charge in [0, 0.05) is 44.7 Å². The molecule has 2 fully saturated rings. The fourth-order valence-corrected chi connectivity index (χ4v) is 3.79. The summed E-state index contributed by atoms with van der Waals surface area (Å²) in [5.41, 5.74) is 5.40. The first kappa shape index (κ1) is 16.7. The number of nitrogens with zero attached hydrogens (tertiary/aromatic N) is 2. The van der Waals surface area contributed by atoms with Crippen molar-refractivity contribution in [1.82, 2.24) is 9.80 Å². The Bertz CT molecular complexity index is 349. The Balaban J connectivity index is 1.83. The average Bonchev–Trinajstić information content (AvgIpc) is 2.35. The number of hydrogen-bond donors (Lipinski definition) is 2. The highest BCUT2D eigenvalue weighted by molar-refractivity contribution is 5.79. The molecular formula is C16H31N3O2. The van der Waals surface area contributed by atoms with Gasteiger partial charge in [0.1, 0.15) is 0 Å². The summed E-state index contributed by atoms with van der Waals surface area (Å²) < 4.78 is 0. The minimum Gasteiger partial charge on any atom is -0.389 e. The van der Waals surface area contributed by atoms with Crippen LogP contribution in [0.3, 0.4) is 0 Å². The molecule has 1 aliphatic heterocycles. The van der Waals surface area contributed by atoms with Gasteiger partial charge in [-0.3, -0.25) is 9.69 Å². The van der Waals surface area contributed by atoms with Crippen molar-refractivity contribution < 1.29 is 9.90 Å². The second kappa shape index (κ2) is 6.63.